The maximum atomic E-state index is 12.7. The molecule has 2 N–H and O–H groups in total. The third kappa shape index (κ3) is 3.69. The van der Waals surface area contributed by atoms with Crippen LogP contribution in [0.25, 0.3) is 0 Å². The molecule has 0 aliphatic rings. The van der Waals surface area contributed by atoms with Crippen LogP contribution < -0.4 is 5.73 Å². The topological polar surface area (TPSA) is 47.6 Å². The van der Waals surface area contributed by atoms with Crippen LogP contribution in [0, 0.1) is 5.82 Å². The largest absolute Gasteiger partial charge is 0.389 e. The van der Waals surface area contributed by atoms with Gasteiger partial charge in [-0.25, -0.2) is 4.39 Å². The Morgan fingerprint density at radius 2 is 1.84 bits per heavy atom. The molecule has 0 atom stereocenters. The van der Waals surface area contributed by atoms with E-state index in [4.69, 9.17) is 22.2 Å². The zero-order chi connectivity index (χ0) is 13.7. The highest BCUT2D eigenvalue weighted by Gasteiger charge is 2.01. The van der Waals surface area contributed by atoms with Crippen LogP contribution in [0.2, 0.25) is 5.02 Å². The molecule has 3 nitrogen and oxygen atoms in total. The Morgan fingerprint density at radius 3 is 2.53 bits per heavy atom. The minimum Gasteiger partial charge on any atom is -0.389 e. The lowest BCUT2D eigenvalue weighted by atomic mass is 10.2. The van der Waals surface area contributed by atoms with Crippen molar-refractivity contribution in [3.05, 3.63) is 70.5 Å². The lowest BCUT2D eigenvalue weighted by molar-refractivity contribution is 0.130. The lowest BCUT2D eigenvalue weighted by Gasteiger charge is -2.04. The molecule has 0 amide bonds. The summed E-state index contributed by atoms with van der Waals surface area (Å²) in [6.07, 6.45) is 0. The molecule has 0 fully saturated rings. The molecule has 0 heterocycles. The van der Waals surface area contributed by atoms with Crippen LogP contribution in [-0.2, 0) is 11.4 Å². The van der Waals surface area contributed by atoms with Crippen molar-refractivity contribution in [2.24, 2.45) is 10.9 Å². The number of rotatable bonds is 4. The first-order chi connectivity index (χ1) is 9.16. The van der Waals surface area contributed by atoms with E-state index < -0.39 is 0 Å². The van der Waals surface area contributed by atoms with E-state index in [1.807, 2.05) is 18.2 Å². The van der Waals surface area contributed by atoms with E-state index in [2.05, 4.69) is 5.16 Å². The second-order valence-electron chi connectivity index (χ2n) is 3.85. The summed E-state index contributed by atoms with van der Waals surface area (Å²) in [6.45, 7) is 0.224. The summed E-state index contributed by atoms with van der Waals surface area (Å²) in [5.74, 6) is -0.138. The van der Waals surface area contributed by atoms with Crippen molar-refractivity contribution in [1.82, 2.24) is 0 Å². The SMILES string of the molecule is N/C(=N\OCc1ccccc1Cl)c1ccc(F)cc1. The average Bonchev–Trinajstić information content (AvgIpc) is 2.41. The number of nitrogens with two attached hydrogens (primary N) is 1. The number of hydrogen-bond acceptors (Lipinski definition) is 2. The summed E-state index contributed by atoms with van der Waals surface area (Å²) < 4.78 is 12.7. The number of benzene rings is 2. The first kappa shape index (κ1) is 13.4. The fourth-order valence-corrected chi connectivity index (χ4v) is 1.65. The molecule has 0 bridgehead atoms. The van der Waals surface area contributed by atoms with Crippen LogP contribution in [0.4, 0.5) is 4.39 Å². The van der Waals surface area contributed by atoms with Crippen LogP contribution in [0.1, 0.15) is 11.1 Å². The molecule has 0 aliphatic carbocycles. The second kappa shape index (κ2) is 6.20. The minimum absolute atomic E-state index is 0.187. The summed E-state index contributed by atoms with van der Waals surface area (Å²) >= 11 is 5.97. The minimum atomic E-state index is -0.325. The zero-order valence-corrected chi connectivity index (χ0v) is 10.8. The van der Waals surface area contributed by atoms with Crippen LogP contribution in [0.15, 0.2) is 53.7 Å². The van der Waals surface area contributed by atoms with E-state index in [-0.39, 0.29) is 18.3 Å². The molecule has 5 heteroatoms. The predicted octanol–water partition coefficient (Wildman–Crippen LogP) is 3.32. The van der Waals surface area contributed by atoms with Gasteiger partial charge in [-0.3, -0.25) is 0 Å². The maximum Gasteiger partial charge on any atom is 0.170 e. The smallest absolute Gasteiger partial charge is 0.170 e. The number of amidine groups is 1. The molecule has 0 unspecified atom stereocenters. The summed E-state index contributed by atoms with van der Waals surface area (Å²) in [6, 6.07) is 13.0. The first-order valence-electron chi connectivity index (χ1n) is 5.61. The van der Waals surface area contributed by atoms with E-state index in [1.54, 1.807) is 6.07 Å². The highest BCUT2D eigenvalue weighted by molar-refractivity contribution is 6.31. The van der Waals surface area contributed by atoms with Crippen molar-refractivity contribution in [3.8, 4) is 0 Å². The van der Waals surface area contributed by atoms with E-state index in [0.29, 0.717) is 10.6 Å². The van der Waals surface area contributed by atoms with Gasteiger partial charge in [-0.15, -0.1) is 0 Å². The van der Waals surface area contributed by atoms with Crippen molar-refractivity contribution >= 4 is 17.4 Å². The van der Waals surface area contributed by atoms with Gasteiger partial charge in [0.1, 0.15) is 12.4 Å². The summed E-state index contributed by atoms with van der Waals surface area (Å²) in [4.78, 5) is 5.13. The van der Waals surface area contributed by atoms with E-state index in [9.17, 15) is 4.39 Å². The Kier molecular flexibility index (Phi) is 4.36. The average molecular weight is 279 g/mol. The van der Waals surface area contributed by atoms with Gasteiger partial charge in [0.25, 0.3) is 0 Å². The highest BCUT2D eigenvalue weighted by atomic mass is 35.5. The Balaban J connectivity index is 1.99. The molecule has 0 saturated heterocycles. The molecule has 0 aliphatic heterocycles. The normalized spacial score (nSPS) is 11.4. The molecule has 2 rings (SSSR count). The molecule has 98 valence electrons. The summed E-state index contributed by atoms with van der Waals surface area (Å²) in [5, 5.41) is 4.38. The number of oxime groups is 1. The molecule has 0 radical (unpaired) electrons. The highest BCUT2D eigenvalue weighted by Crippen LogP contribution is 2.15. The van der Waals surface area contributed by atoms with Crippen LogP contribution in [-0.4, -0.2) is 5.84 Å². The lowest BCUT2D eigenvalue weighted by Crippen LogP contribution is -2.13. The maximum absolute atomic E-state index is 12.7. The van der Waals surface area contributed by atoms with E-state index in [1.165, 1.54) is 24.3 Å². The Hall–Kier alpha value is -2.07. The van der Waals surface area contributed by atoms with Gasteiger partial charge in [0.05, 0.1) is 0 Å². The quantitative estimate of drug-likeness (QED) is 0.530. The van der Waals surface area contributed by atoms with Gasteiger partial charge < -0.3 is 10.6 Å². The number of nitrogens with zero attached hydrogens (tertiary/aromatic N) is 1. The zero-order valence-electron chi connectivity index (χ0n) is 10.0. The van der Waals surface area contributed by atoms with Crippen molar-refractivity contribution in [2.75, 3.05) is 0 Å². The molecule has 2 aromatic carbocycles. The molecular weight excluding hydrogens is 267 g/mol. The van der Waals surface area contributed by atoms with Gasteiger partial charge in [0.2, 0.25) is 0 Å². The van der Waals surface area contributed by atoms with Crippen LogP contribution >= 0.6 is 11.6 Å². The van der Waals surface area contributed by atoms with Gasteiger partial charge in [-0.2, -0.15) is 0 Å². The van der Waals surface area contributed by atoms with Gasteiger partial charge in [-0.1, -0.05) is 35.0 Å². The first-order valence-corrected chi connectivity index (χ1v) is 5.99. The summed E-state index contributed by atoms with van der Waals surface area (Å²) in [5.41, 5.74) is 7.13. The Morgan fingerprint density at radius 1 is 1.16 bits per heavy atom. The predicted molar refractivity (Wildman–Crippen MR) is 73.4 cm³/mol. The summed E-state index contributed by atoms with van der Waals surface area (Å²) in [7, 11) is 0. The Labute approximate surface area is 115 Å². The Bertz CT molecular complexity index is 584. The fraction of sp³-hybridized carbons (Fsp3) is 0.0714. The van der Waals surface area contributed by atoms with Crippen LogP contribution in [0.5, 0.6) is 0 Å². The molecule has 19 heavy (non-hydrogen) atoms. The molecule has 0 spiro atoms. The fourth-order valence-electron chi connectivity index (χ4n) is 1.46. The molecule has 2 aromatic rings. The van der Waals surface area contributed by atoms with Crippen molar-refractivity contribution < 1.29 is 9.23 Å². The van der Waals surface area contributed by atoms with Crippen molar-refractivity contribution in [2.45, 2.75) is 6.61 Å². The van der Waals surface area contributed by atoms with Gasteiger partial charge in [-0.05, 0) is 30.3 Å². The van der Waals surface area contributed by atoms with Crippen molar-refractivity contribution in [3.63, 3.8) is 0 Å². The van der Waals surface area contributed by atoms with Gasteiger partial charge in [0, 0.05) is 16.1 Å². The number of halogens is 2. The van der Waals surface area contributed by atoms with E-state index in [0.717, 1.165) is 5.56 Å². The molecule has 0 aromatic heterocycles. The molecular formula is C14H12ClFN2O. The molecule has 0 saturated carbocycles. The third-order valence-corrected chi connectivity index (χ3v) is 2.85. The number of hydrogen-bond donors (Lipinski definition) is 1. The monoisotopic (exact) mass is 278 g/mol. The van der Waals surface area contributed by atoms with Gasteiger partial charge >= 0.3 is 0 Å². The second-order valence-corrected chi connectivity index (χ2v) is 4.26. The standard InChI is InChI=1S/C14H12ClFN2O/c15-13-4-2-1-3-11(13)9-19-18-14(17)10-5-7-12(16)8-6-10/h1-8H,9H2,(H2,17,18). The van der Waals surface area contributed by atoms with Crippen molar-refractivity contribution in [1.29, 1.82) is 0 Å². The van der Waals surface area contributed by atoms with E-state index >= 15 is 0 Å². The van der Waals surface area contributed by atoms with Gasteiger partial charge in [0.15, 0.2) is 5.84 Å². The van der Waals surface area contributed by atoms with Crippen LogP contribution in [0.3, 0.4) is 0 Å². The third-order valence-electron chi connectivity index (χ3n) is 2.48.